The van der Waals surface area contributed by atoms with Crippen LogP contribution < -0.4 is 10.6 Å². The monoisotopic (exact) mass is 442 g/mol. The van der Waals surface area contributed by atoms with Gasteiger partial charge in [0.2, 0.25) is 13.3 Å². The maximum Gasteiger partial charge on any atom is 0.408 e. The molecule has 0 heterocycles. The number of benzene rings is 1. The maximum atomic E-state index is 12.9. The SMILES string of the molecule is CC(NC(=O)C(Cc1ccccc1)CP(=O)(O)C(C)NC(=O)OC(C)(C)C)C(=O)O. The molecular weight excluding hydrogens is 411 g/mol. The lowest BCUT2D eigenvalue weighted by molar-refractivity contribution is -0.141. The third kappa shape index (κ3) is 8.97. The van der Waals surface area contributed by atoms with Gasteiger partial charge in [-0.2, -0.15) is 0 Å². The lowest BCUT2D eigenvalue weighted by Crippen LogP contribution is -2.44. The Balaban J connectivity index is 2.96. The van der Waals surface area contributed by atoms with E-state index in [4.69, 9.17) is 9.84 Å². The van der Waals surface area contributed by atoms with Crippen molar-refractivity contribution in [2.75, 3.05) is 6.16 Å². The topological polar surface area (TPSA) is 142 Å². The molecule has 9 nitrogen and oxygen atoms in total. The van der Waals surface area contributed by atoms with Crippen molar-refractivity contribution in [3.05, 3.63) is 35.9 Å². The Hall–Kier alpha value is -2.38. The van der Waals surface area contributed by atoms with Crippen LogP contribution in [0.25, 0.3) is 0 Å². The van der Waals surface area contributed by atoms with Crippen molar-refractivity contribution >= 4 is 25.3 Å². The van der Waals surface area contributed by atoms with Crippen molar-refractivity contribution in [2.24, 2.45) is 5.92 Å². The lowest BCUT2D eigenvalue weighted by Gasteiger charge is -2.27. The van der Waals surface area contributed by atoms with E-state index < -0.39 is 54.8 Å². The van der Waals surface area contributed by atoms with Crippen molar-refractivity contribution in [1.82, 2.24) is 10.6 Å². The number of carboxylic acid groups (broad SMARTS) is 1. The molecule has 0 aliphatic carbocycles. The minimum absolute atomic E-state index is 0.142. The number of rotatable bonds is 9. The molecule has 2 amide bonds. The van der Waals surface area contributed by atoms with Crippen LogP contribution in [0, 0.1) is 5.92 Å². The lowest BCUT2D eigenvalue weighted by atomic mass is 10.00. The average Bonchev–Trinajstić information content (AvgIpc) is 2.59. The molecule has 1 aromatic carbocycles. The summed E-state index contributed by atoms with van der Waals surface area (Å²) in [6, 6.07) is 7.74. The van der Waals surface area contributed by atoms with Crippen LogP contribution in [-0.4, -0.2) is 51.6 Å². The molecule has 168 valence electrons. The highest BCUT2D eigenvalue weighted by Crippen LogP contribution is 2.47. The van der Waals surface area contributed by atoms with Gasteiger partial charge in [0.25, 0.3) is 0 Å². The summed E-state index contributed by atoms with van der Waals surface area (Å²) >= 11 is 0. The van der Waals surface area contributed by atoms with Gasteiger partial charge in [-0.1, -0.05) is 30.3 Å². The fourth-order valence-corrected chi connectivity index (χ4v) is 4.13. The van der Waals surface area contributed by atoms with Gasteiger partial charge in [-0.3, -0.25) is 14.2 Å². The Morgan fingerprint density at radius 2 is 1.67 bits per heavy atom. The normalized spacial score (nSPS) is 16.5. The number of aliphatic carboxylic acids is 1. The molecule has 4 N–H and O–H groups in total. The zero-order chi connectivity index (χ0) is 23.1. The quantitative estimate of drug-likeness (QED) is 0.431. The highest BCUT2D eigenvalue weighted by molar-refractivity contribution is 7.58. The second-order valence-corrected chi connectivity index (χ2v) is 10.9. The zero-order valence-electron chi connectivity index (χ0n) is 17.9. The fraction of sp³-hybridized carbons (Fsp3) is 0.550. The molecule has 4 atom stereocenters. The third-order valence-corrected chi connectivity index (χ3v) is 6.54. The molecule has 0 saturated carbocycles. The number of carbonyl (C=O) groups excluding carboxylic acids is 2. The molecule has 30 heavy (non-hydrogen) atoms. The van der Waals surface area contributed by atoms with Gasteiger partial charge in [0, 0.05) is 6.16 Å². The molecule has 0 saturated heterocycles. The number of alkyl carbamates (subject to hydrolysis) is 1. The first-order chi connectivity index (χ1) is 13.7. The van der Waals surface area contributed by atoms with E-state index in [-0.39, 0.29) is 6.42 Å². The molecule has 0 aliphatic rings. The number of nitrogens with one attached hydrogen (secondary N) is 2. The van der Waals surface area contributed by atoms with Crippen LogP contribution in [-0.2, 0) is 25.3 Å². The van der Waals surface area contributed by atoms with Gasteiger partial charge in [-0.25, -0.2) is 4.79 Å². The molecule has 10 heteroatoms. The van der Waals surface area contributed by atoms with E-state index in [9.17, 15) is 23.8 Å². The minimum atomic E-state index is -4.04. The van der Waals surface area contributed by atoms with E-state index in [1.54, 1.807) is 51.1 Å². The number of amides is 2. The van der Waals surface area contributed by atoms with Gasteiger partial charge in [0.15, 0.2) is 0 Å². The highest BCUT2D eigenvalue weighted by atomic mass is 31.2. The van der Waals surface area contributed by atoms with E-state index in [1.807, 2.05) is 0 Å². The molecule has 1 aromatic rings. The third-order valence-electron chi connectivity index (χ3n) is 4.24. The summed E-state index contributed by atoms with van der Waals surface area (Å²) in [5.41, 5.74) is -0.0141. The van der Waals surface area contributed by atoms with Gasteiger partial charge in [0.1, 0.15) is 17.4 Å². The van der Waals surface area contributed by atoms with Crippen LogP contribution >= 0.6 is 7.37 Å². The molecule has 0 radical (unpaired) electrons. The second kappa shape index (κ2) is 10.6. The van der Waals surface area contributed by atoms with Gasteiger partial charge in [-0.15, -0.1) is 0 Å². The summed E-state index contributed by atoms with van der Waals surface area (Å²) < 4.78 is 18.0. The van der Waals surface area contributed by atoms with E-state index in [0.29, 0.717) is 0 Å². The number of ether oxygens (including phenoxy) is 1. The van der Waals surface area contributed by atoms with Gasteiger partial charge < -0.3 is 25.4 Å². The zero-order valence-corrected chi connectivity index (χ0v) is 18.8. The average molecular weight is 442 g/mol. The van der Waals surface area contributed by atoms with E-state index in [1.165, 1.54) is 13.8 Å². The Morgan fingerprint density at radius 1 is 1.10 bits per heavy atom. The van der Waals surface area contributed by atoms with Crippen molar-refractivity contribution in [1.29, 1.82) is 0 Å². The molecule has 0 fully saturated rings. The molecule has 0 aliphatic heterocycles. The Kier molecular flexibility index (Phi) is 9.06. The van der Waals surface area contributed by atoms with E-state index >= 15 is 0 Å². The minimum Gasteiger partial charge on any atom is -0.480 e. The highest BCUT2D eigenvalue weighted by Gasteiger charge is 2.36. The Bertz CT molecular complexity index is 792. The first-order valence-corrected chi connectivity index (χ1v) is 11.5. The Labute approximate surface area is 176 Å². The standard InChI is InChI=1S/C20H31N2O7P/c1-13(18(24)25)21-17(23)16(11-15-9-7-6-8-10-15)12-30(27,28)14(2)22-19(26)29-20(3,4)5/h6-10,13-14,16H,11-12H2,1-5H3,(H,21,23)(H,22,26)(H,24,25)(H,27,28). The largest absolute Gasteiger partial charge is 0.480 e. The number of carbonyl (C=O) groups is 3. The van der Waals surface area contributed by atoms with Crippen molar-refractivity contribution in [3.63, 3.8) is 0 Å². The van der Waals surface area contributed by atoms with E-state index in [2.05, 4.69) is 10.6 Å². The van der Waals surface area contributed by atoms with Crippen LogP contribution in [0.15, 0.2) is 30.3 Å². The van der Waals surface area contributed by atoms with Gasteiger partial charge in [0.05, 0.1) is 5.92 Å². The first-order valence-electron chi connectivity index (χ1n) is 9.59. The predicted octanol–water partition coefficient (Wildman–Crippen LogP) is 2.58. The predicted molar refractivity (Wildman–Crippen MR) is 112 cm³/mol. The van der Waals surface area contributed by atoms with Crippen LogP contribution in [0.5, 0.6) is 0 Å². The van der Waals surface area contributed by atoms with Crippen molar-refractivity contribution in [2.45, 2.75) is 58.5 Å². The van der Waals surface area contributed by atoms with Crippen molar-refractivity contribution in [3.8, 4) is 0 Å². The van der Waals surface area contributed by atoms with Gasteiger partial charge >= 0.3 is 12.1 Å². The summed E-state index contributed by atoms with van der Waals surface area (Å²) in [7, 11) is -4.04. The molecule has 0 bridgehead atoms. The summed E-state index contributed by atoms with van der Waals surface area (Å²) in [4.78, 5) is 46.2. The molecule has 0 spiro atoms. The van der Waals surface area contributed by atoms with Crippen molar-refractivity contribution < 1.29 is 33.7 Å². The fourth-order valence-electron chi connectivity index (χ4n) is 2.58. The summed E-state index contributed by atoms with van der Waals surface area (Å²) in [6.07, 6.45) is -1.13. The second-order valence-electron chi connectivity index (χ2n) is 8.22. The first kappa shape index (κ1) is 25.7. The molecule has 4 unspecified atom stereocenters. The number of carboxylic acids is 1. The Morgan fingerprint density at radius 3 is 2.17 bits per heavy atom. The van der Waals surface area contributed by atoms with Crippen LogP contribution in [0.4, 0.5) is 4.79 Å². The number of hydrogen-bond acceptors (Lipinski definition) is 5. The smallest absolute Gasteiger partial charge is 0.408 e. The maximum absolute atomic E-state index is 12.9. The van der Waals surface area contributed by atoms with E-state index in [0.717, 1.165) is 5.56 Å². The summed E-state index contributed by atoms with van der Waals surface area (Å²) in [6.45, 7) is 7.67. The molecule has 0 aromatic heterocycles. The molecule has 1 rings (SSSR count). The summed E-state index contributed by atoms with van der Waals surface area (Å²) in [5, 5.41) is 13.7. The molecular formula is C20H31N2O7P. The van der Waals surface area contributed by atoms with Crippen LogP contribution in [0.2, 0.25) is 0 Å². The number of hydrogen-bond donors (Lipinski definition) is 4. The van der Waals surface area contributed by atoms with Crippen LogP contribution in [0.1, 0.15) is 40.2 Å². The summed E-state index contributed by atoms with van der Waals surface area (Å²) in [5.74, 6) is -3.98. The van der Waals surface area contributed by atoms with Crippen LogP contribution in [0.3, 0.4) is 0 Å². The van der Waals surface area contributed by atoms with Gasteiger partial charge in [-0.05, 0) is 46.6 Å².